The Morgan fingerprint density at radius 3 is 2.25 bits per heavy atom. The van der Waals surface area contributed by atoms with Crippen LogP contribution in [0.2, 0.25) is 0 Å². The summed E-state index contributed by atoms with van der Waals surface area (Å²) in [5.74, 6) is 1.47. The average Bonchev–Trinajstić information content (AvgIpc) is 2.31. The molecule has 1 fully saturated rings. The standard InChI is InChI=1S/C12H25N3.HI/c1-3-11(4-2)10-14-12(13)15-8-6-5-7-9-15;/h11H,3-10H2,1-2H3,(H2,13,14);1H. The molecule has 16 heavy (non-hydrogen) atoms. The molecule has 1 heterocycles. The number of rotatable bonds is 4. The summed E-state index contributed by atoms with van der Waals surface area (Å²) >= 11 is 0. The van der Waals surface area contributed by atoms with E-state index in [-0.39, 0.29) is 24.0 Å². The number of halogens is 1. The third-order valence-corrected chi connectivity index (χ3v) is 3.35. The van der Waals surface area contributed by atoms with Crippen molar-refractivity contribution < 1.29 is 0 Å². The number of hydrogen-bond donors (Lipinski definition) is 1. The van der Waals surface area contributed by atoms with Crippen molar-refractivity contribution in [2.75, 3.05) is 19.6 Å². The van der Waals surface area contributed by atoms with Crippen LogP contribution in [-0.2, 0) is 0 Å². The van der Waals surface area contributed by atoms with Crippen molar-refractivity contribution in [2.24, 2.45) is 16.6 Å². The molecule has 0 spiro atoms. The molecule has 0 aromatic rings. The first kappa shape index (κ1) is 16.0. The first-order chi connectivity index (χ1) is 7.27. The van der Waals surface area contributed by atoms with Gasteiger partial charge >= 0.3 is 0 Å². The largest absolute Gasteiger partial charge is 0.370 e. The maximum absolute atomic E-state index is 5.98. The molecule has 0 unspecified atom stereocenters. The molecule has 96 valence electrons. The molecular weight excluding hydrogens is 313 g/mol. The maximum atomic E-state index is 5.98. The van der Waals surface area contributed by atoms with E-state index in [1.165, 1.54) is 32.1 Å². The first-order valence-electron chi connectivity index (χ1n) is 6.32. The van der Waals surface area contributed by atoms with Gasteiger partial charge in [0.05, 0.1) is 0 Å². The van der Waals surface area contributed by atoms with E-state index >= 15 is 0 Å². The molecule has 0 atom stereocenters. The third kappa shape index (κ3) is 5.37. The molecule has 0 bridgehead atoms. The Hall–Kier alpha value is 0. The predicted molar refractivity (Wildman–Crippen MR) is 81.4 cm³/mol. The Morgan fingerprint density at radius 2 is 1.75 bits per heavy atom. The van der Waals surface area contributed by atoms with Gasteiger partial charge in [-0.15, -0.1) is 24.0 Å². The van der Waals surface area contributed by atoms with Crippen molar-refractivity contribution in [1.82, 2.24) is 4.90 Å². The third-order valence-electron chi connectivity index (χ3n) is 3.35. The zero-order chi connectivity index (χ0) is 11.1. The fraction of sp³-hybridized carbons (Fsp3) is 0.917. The molecule has 1 aliphatic rings. The summed E-state index contributed by atoms with van der Waals surface area (Å²) in [6, 6.07) is 0. The van der Waals surface area contributed by atoms with Crippen LogP contribution in [0.15, 0.2) is 4.99 Å². The van der Waals surface area contributed by atoms with Crippen LogP contribution >= 0.6 is 24.0 Å². The lowest BCUT2D eigenvalue weighted by molar-refractivity contribution is 0.337. The Bertz CT molecular complexity index is 196. The van der Waals surface area contributed by atoms with Crippen molar-refractivity contribution in [3.8, 4) is 0 Å². The number of nitrogens with zero attached hydrogens (tertiary/aromatic N) is 2. The molecule has 0 aliphatic carbocycles. The van der Waals surface area contributed by atoms with Crippen LogP contribution in [0.5, 0.6) is 0 Å². The topological polar surface area (TPSA) is 41.6 Å². The van der Waals surface area contributed by atoms with Gasteiger partial charge in [0.25, 0.3) is 0 Å². The monoisotopic (exact) mass is 339 g/mol. The fourth-order valence-electron chi connectivity index (χ4n) is 1.99. The number of likely N-dealkylation sites (tertiary alicyclic amines) is 1. The Labute approximate surface area is 117 Å². The molecule has 1 saturated heterocycles. The van der Waals surface area contributed by atoms with E-state index in [1.54, 1.807) is 0 Å². The summed E-state index contributed by atoms with van der Waals surface area (Å²) < 4.78 is 0. The van der Waals surface area contributed by atoms with Gasteiger partial charge in [-0.2, -0.15) is 0 Å². The molecule has 1 aliphatic heterocycles. The molecule has 0 radical (unpaired) electrons. The van der Waals surface area contributed by atoms with E-state index in [0.29, 0.717) is 5.92 Å². The second-order valence-corrected chi connectivity index (χ2v) is 4.43. The maximum Gasteiger partial charge on any atom is 0.191 e. The molecule has 0 amide bonds. The van der Waals surface area contributed by atoms with Crippen LogP contribution in [0, 0.1) is 5.92 Å². The number of hydrogen-bond acceptors (Lipinski definition) is 1. The van der Waals surface area contributed by atoms with Crippen LogP contribution in [0.3, 0.4) is 0 Å². The molecule has 4 heteroatoms. The highest BCUT2D eigenvalue weighted by Gasteiger charge is 2.12. The normalized spacial score (nSPS) is 17.4. The molecular formula is C12H26IN3. The van der Waals surface area contributed by atoms with Crippen molar-refractivity contribution in [3.63, 3.8) is 0 Å². The lowest BCUT2D eigenvalue weighted by Crippen LogP contribution is -2.41. The van der Waals surface area contributed by atoms with E-state index in [0.717, 1.165) is 25.6 Å². The lowest BCUT2D eigenvalue weighted by atomic mass is 10.0. The SMILES string of the molecule is CCC(CC)CN=C(N)N1CCCCC1.I. The van der Waals surface area contributed by atoms with Crippen LogP contribution in [0.1, 0.15) is 46.0 Å². The van der Waals surface area contributed by atoms with Gasteiger partial charge in [0.15, 0.2) is 5.96 Å². The van der Waals surface area contributed by atoms with Crippen LogP contribution in [0.25, 0.3) is 0 Å². The number of guanidine groups is 1. The summed E-state index contributed by atoms with van der Waals surface area (Å²) in [4.78, 5) is 6.74. The Kier molecular flexibility index (Phi) is 9.07. The second kappa shape index (κ2) is 9.07. The highest BCUT2D eigenvalue weighted by Crippen LogP contribution is 2.10. The van der Waals surface area contributed by atoms with E-state index in [9.17, 15) is 0 Å². The van der Waals surface area contributed by atoms with Crippen LogP contribution in [-0.4, -0.2) is 30.5 Å². The van der Waals surface area contributed by atoms with Gasteiger partial charge < -0.3 is 10.6 Å². The second-order valence-electron chi connectivity index (χ2n) is 4.43. The van der Waals surface area contributed by atoms with Crippen molar-refractivity contribution >= 4 is 29.9 Å². The van der Waals surface area contributed by atoms with E-state index < -0.39 is 0 Å². The van der Waals surface area contributed by atoms with Crippen molar-refractivity contribution in [3.05, 3.63) is 0 Å². The molecule has 3 nitrogen and oxygen atoms in total. The smallest absolute Gasteiger partial charge is 0.191 e. The van der Waals surface area contributed by atoms with Gasteiger partial charge in [-0.3, -0.25) is 4.99 Å². The Balaban J connectivity index is 0.00000225. The molecule has 0 aromatic heterocycles. The minimum atomic E-state index is 0. The molecule has 1 rings (SSSR count). The summed E-state index contributed by atoms with van der Waals surface area (Å²) in [6.45, 7) is 7.54. The van der Waals surface area contributed by atoms with Gasteiger partial charge in [0.2, 0.25) is 0 Å². The predicted octanol–water partition coefficient (Wildman–Crippen LogP) is 2.84. The van der Waals surface area contributed by atoms with E-state index in [4.69, 9.17) is 5.73 Å². The minimum absolute atomic E-state index is 0. The van der Waals surface area contributed by atoms with Gasteiger partial charge in [-0.05, 0) is 25.2 Å². The molecule has 0 aromatic carbocycles. The average molecular weight is 339 g/mol. The number of nitrogens with two attached hydrogens (primary N) is 1. The summed E-state index contributed by atoms with van der Waals surface area (Å²) in [7, 11) is 0. The molecule has 2 N–H and O–H groups in total. The van der Waals surface area contributed by atoms with Gasteiger partial charge in [-0.25, -0.2) is 0 Å². The summed E-state index contributed by atoms with van der Waals surface area (Å²) in [5.41, 5.74) is 5.98. The van der Waals surface area contributed by atoms with E-state index in [2.05, 4.69) is 23.7 Å². The fourth-order valence-corrected chi connectivity index (χ4v) is 1.99. The first-order valence-corrected chi connectivity index (χ1v) is 6.32. The summed E-state index contributed by atoms with van der Waals surface area (Å²) in [5, 5.41) is 0. The zero-order valence-corrected chi connectivity index (χ0v) is 12.9. The molecule has 0 saturated carbocycles. The van der Waals surface area contributed by atoms with Gasteiger partial charge in [-0.1, -0.05) is 26.7 Å². The van der Waals surface area contributed by atoms with E-state index in [1.807, 2.05) is 0 Å². The van der Waals surface area contributed by atoms with Crippen molar-refractivity contribution in [1.29, 1.82) is 0 Å². The highest BCUT2D eigenvalue weighted by atomic mass is 127. The minimum Gasteiger partial charge on any atom is -0.370 e. The quantitative estimate of drug-likeness (QED) is 0.486. The van der Waals surface area contributed by atoms with Crippen molar-refractivity contribution in [2.45, 2.75) is 46.0 Å². The summed E-state index contributed by atoms with van der Waals surface area (Å²) in [6.07, 6.45) is 6.28. The lowest BCUT2D eigenvalue weighted by Gasteiger charge is -2.27. The number of piperidine rings is 1. The van der Waals surface area contributed by atoms with Crippen LogP contribution in [0.4, 0.5) is 0 Å². The number of aliphatic imine (C=N–C) groups is 1. The van der Waals surface area contributed by atoms with Gasteiger partial charge in [0.1, 0.15) is 0 Å². The Morgan fingerprint density at radius 1 is 1.19 bits per heavy atom. The highest BCUT2D eigenvalue weighted by molar-refractivity contribution is 14.0. The zero-order valence-electron chi connectivity index (χ0n) is 10.6. The van der Waals surface area contributed by atoms with Crippen LogP contribution < -0.4 is 5.73 Å². The van der Waals surface area contributed by atoms with Gasteiger partial charge in [0, 0.05) is 19.6 Å².